The van der Waals surface area contributed by atoms with Crippen molar-refractivity contribution >= 4 is 17.3 Å². The quantitative estimate of drug-likeness (QED) is 0.670. The van der Waals surface area contributed by atoms with Crippen LogP contribution in [0.25, 0.3) is 0 Å². The van der Waals surface area contributed by atoms with Crippen LogP contribution in [0.5, 0.6) is 0 Å². The van der Waals surface area contributed by atoms with Gasteiger partial charge in [0.25, 0.3) is 5.69 Å². The SMILES string of the molecule is CC1CCC(NCc2cc(Cl)ccc2[N+](=O)[O-])C(C)C1. The summed E-state index contributed by atoms with van der Waals surface area (Å²) in [5, 5.41) is 15.0. The second-order valence-electron chi connectivity index (χ2n) is 5.91. The summed E-state index contributed by atoms with van der Waals surface area (Å²) in [6.07, 6.45) is 3.58. The predicted octanol–water partition coefficient (Wildman–Crippen LogP) is 4.16. The van der Waals surface area contributed by atoms with Crippen molar-refractivity contribution in [1.82, 2.24) is 5.32 Å². The molecule has 110 valence electrons. The lowest BCUT2D eigenvalue weighted by Gasteiger charge is -2.33. The number of halogens is 1. The Labute approximate surface area is 124 Å². The number of benzene rings is 1. The molecule has 0 aromatic heterocycles. The van der Waals surface area contributed by atoms with Crippen LogP contribution in [-0.4, -0.2) is 11.0 Å². The molecule has 0 spiro atoms. The molecular formula is C15H21ClN2O2. The van der Waals surface area contributed by atoms with Crippen molar-refractivity contribution in [3.8, 4) is 0 Å². The Hall–Kier alpha value is -1.13. The van der Waals surface area contributed by atoms with Crippen LogP contribution in [0.4, 0.5) is 5.69 Å². The minimum atomic E-state index is -0.348. The van der Waals surface area contributed by atoms with Crippen molar-refractivity contribution in [3.05, 3.63) is 38.9 Å². The van der Waals surface area contributed by atoms with Gasteiger partial charge in [-0.05, 0) is 43.2 Å². The highest BCUT2D eigenvalue weighted by atomic mass is 35.5. The first kappa shape index (κ1) is 15.3. The number of nitrogens with one attached hydrogen (secondary N) is 1. The summed E-state index contributed by atoms with van der Waals surface area (Å²) in [6.45, 7) is 5.04. The van der Waals surface area contributed by atoms with Gasteiger partial charge >= 0.3 is 0 Å². The van der Waals surface area contributed by atoms with Gasteiger partial charge in [0.1, 0.15) is 0 Å². The molecule has 1 aliphatic rings. The Kier molecular flexibility index (Phi) is 5.00. The van der Waals surface area contributed by atoms with Crippen molar-refractivity contribution < 1.29 is 4.92 Å². The zero-order valence-corrected chi connectivity index (χ0v) is 12.7. The molecule has 0 amide bonds. The first-order chi connectivity index (χ1) is 9.47. The van der Waals surface area contributed by atoms with E-state index in [1.807, 2.05) is 0 Å². The number of rotatable bonds is 4. The van der Waals surface area contributed by atoms with Gasteiger partial charge in [0.05, 0.1) is 4.92 Å². The molecule has 20 heavy (non-hydrogen) atoms. The Morgan fingerprint density at radius 3 is 2.80 bits per heavy atom. The van der Waals surface area contributed by atoms with Crippen molar-refractivity contribution in [1.29, 1.82) is 0 Å². The maximum Gasteiger partial charge on any atom is 0.273 e. The van der Waals surface area contributed by atoms with E-state index in [0.29, 0.717) is 29.1 Å². The van der Waals surface area contributed by atoms with Crippen LogP contribution in [-0.2, 0) is 6.54 Å². The molecule has 3 unspecified atom stereocenters. The van der Waals surface area contributed by atoms with Crippen molar-refractivity contribution in [2.45, 2.75) is 45.7 Å². The molecule has 1 fully saturated rings. The van der Waals surface area contributed by atoms with Gasteiger partial charge in [-0.2, -0.15) is 0 Å². The van der Waals surface area contributed by atoms with E-state index in [2.05, 4.69) is 19.2 Å². The van der Waals surface area contributed by atoms with E-state index in [0.717, 1.165) is 12.3 Å². The minimum absolute atomic E-state index is 0.138. The van der Waals surface area contributed by atoms with E-state index in [4.69, 9.17) is 11.6 Å². The molecule has 0 heterocycles. The van der Waals surface area contributed by atoms with Gasteiger partial charge in [-0.1, -0.05) is 25.4 Å². The number of hydrogen-bond acceptors (Lipinski definition) is 3. The van der Waals surface area contributed by atoms with Crippen LogP contribution < -0.4 is 5.32 Å². The molecule has 1 N–H and O–H groups in total. The topological polar surface area (TPSA) is 55.2 Å². The first-order valence-electron chi connectivity index (χ1n) is 7.13. The molecule has 5 heteroatoms. The Bertz CT molecular complexity index is 493. The molecule has 2 rings (SSSR count). The fraction of sp³-hybridized carbons (Fsp3) is 0.600. The highest BCUT2D eigenvalue weighted by molar-refractivity contribution is 6.30. The van der Waals surface area contributed by atoms with Crippen LogP contribution in [0, 0.1) is 22.0 Å². The van der Waals surface area contributed by atoms with Gasteiger partial charge in [-0.15, -0.1) is 0 Å². The second-order valence-corrected chi connectivity index (χ2v) is 6.35. The fourth-order valence-corrected chi connectivity index (χ4v) is 3.28. The summed E-state index contributed by atoms with van der Waals surface area (Å²) in [6, 6.07) is 5.16. The maximum atomic E-state index is 11.0. The fourth-order valence-electron chi connectivity index (χ4n) is 3.08. The molecular weight excluding hydrogens is 276 g/mol. The Morgan fingerprint density at radius 2 is 2.15 bits per heavy atom. The summed E-state index contributed by atoms with van der Waals surface area (Å²) in [5.74, 6) is 1.39. The number of nitrogens with zero attached hydrogens (tertiary/aromatic N) is 1. The summed E-state index contributed by atoms with van der Waals surface area (Å²) in [7, 11) is 0. The lowest BCUT2D eigenvalue weighted by molar-refractivity contribution is -0.385. The predicted molar refractivity (Wildman–Crippen MR) is 80.9 cm³/mol. The standard InChI is InChI=1S/C15H21ClN2O2/c1-10-3-5-14(11(2)7-10)17-9-12-8-13(16)4-6-15(12)18(19)20/h4,6,8,10-11,14,17H,3,5,7,9H2,1-2H3. The molecule has 1 aliphatic carbocycles. The second kappa shape index (κ2) is 6.55. The van der Waals surface area contributed by atoms with E-state index in [1.54, 1.807) is 12.1 Å². The van der Waals surface area contributed by atoms with Gasteiger partial charge in [-0.25, -0.2) is 0 Å². The van der Waals surface area contributed by atoms with Crippen LogP contribution in [0.3, 0.4) is 0 Å². The highest BCUT2D eigenvalue weighted by Gasteiger charge is 2.25. The maximum absolute atomic E-state index is 11.0. The highest BCUT2D eigenvalue weighted by Crippen LogP contribution is 2.29. The van der Waals surface area contributed by atoms with Crippen LogP contribution >= 0.6 is 11.6 Å². The third-order valence-corrected chi connectivity index (χ3v) is 4.46. The van der Waals surface area contributed by atoms with E-state index >= 15 is 0 Å². The third kappa shape index (κ3) is 3.70. The monoisotopic (exact) mass is 296 g/mol. The largest absolute Gasteiger partial charge is 0.309 e. The zero-order chi connectivity index (χ0) is 14.7. The number of hydrogen-bond donors (Lipinski definition) is 1. The number of nitro benzene ring substituents is 1. The number of nitro groups is 1. The lowest BCUT2D eigenvalue weighted by atomic mass is 9.80. The van der Waals surface area contributed by atoms with Gasteiger partial charge < -0.3 is 5.32 Å². The van der Waals surface area contributed by atoms with E-state index in [1.165, 1.54) is 18.9 Å². The van der Waals surface area contributed by atoms with Gasteiger partial charge in [0.15, 0.2) is 0 Å². The molecule has 1 saturated carbocycles. The molecule has 0 bridgehead atoms. The Balaban J connectivity index is 2.03. The van der Waals surface area contributed by atoms with Crippen molar-refractivity contribution in [2.75, 3.05) is 0 Å². The van der Waals surface area contributed by atoms with Gasteiger partial charge in [0, 0.05) is 29.2 Å². The van der Waals surface area contributed by atoms with Crippen LogP contribution in [0.15, 0.2) is 18.2 Å². The molecule has 0 saturated heterocycles. The molecule has 4 nitrogen and oxygen atoms in total. The van der Waals surface area contributed by atoms with Crippen molar-refractivity contribution in [2.24, 2.45) is 11.8 Å². The van der Waals surface area contributed by atoms with Crippen molar-refractivity contribution in [3.63, 3.8) is 0 Å². The van der Waals surface area contributed by atoms with Gasteiger partial charge in [-0.3, -0.25) is 10.1 Å². The molecule has 0 radical (unpaired) electrons. The average molecular weight is 297 g/mol. The van der Waals surface area contributed by atoms with Gasteiger partial charge in [0.2, 0.25) is 0 Å². The minimum Gasteiger partial charge on any atom is -0.309 e. The third-order valence-electron chi connectivity index (χ3n) is 4.22. The summed E-state index contributed by atoms with van der Waals surface area (Å²) in [4.78, 5) is 10.7. The lowest BCUT2D eigenvalue weighted by Crippen LogP contribution is -2.38. The molecule has 0 aliphatic heterocycles. The van der Waals surface area contributed by atoms with E-state index in [-0.39, 0.29) is 10.6 Å². The molecule has 3 atom stereocenters. The average Bonchev–Trinajstić information content (AvgIpc) is 2.37. The van der Waals surface area contributed by atoms with Crippen LogP contribution in [0.2, 0.25) is 5.02 Å². The zero-order valence-electron chi connectivity index (χ0n) is 11.9. The van der Waals surface area contributed by atoms with Crippen LogP contribution in [0.1, 0.15) is 38.7 Å². The Morgan fingerprint density at radius 1 is 1.40 bits per heavy atom. The normalized spacial score (nSPS) is 26.4. The van der Waals surface area contributed by atoms with E-state index in [9.17, 15) is 10.1 Å². The molecule has 1 aromatic rings. The molecule has 1 aromatic carbocycles. The summed E-state index contributed by atoms with van der Waals surface area (Å²) < 4.78 is 0. The summed E-state index contributed by atoms with van der Waals surface area (Å²) in [5.41, 5.74) is 0.798. The van der Waals surface area contributed by atoms with E-state index < -0.39 is 0 Å². The summed E-state index contributed by atoms with van der Waals surface area (Å²) >= 11 is 5.94. The smallest absolute Gasteiger partial charge is 0.273 e. The first-order valence-corrected chi connectivity index (χ1v) is 7.51.